The van der Waals surface area contributed by atoms with Crippen LogP contribution in [0.4, 0.5) is 5.69 Å². The molecule has 0 amide bonds. The number of carboxylic acid groups (broad SMARTS) is 1. The van der Waals surface area contributed by atoms with E-state index in [4.69, 9.17) is 19.3 Å². The fourth-order valence-corrected chi connectivity index (χ4v) is 3.97. The van der Waals surface area contributed by atoms with Crippen LogP contribution in [0.25, 0.3) is 6.08 Å². The Morgan fingerprint density at radius 3 is 2.34 bits per heavy atom. The highest BCUT2D eigenvalue weighted by atomic mass is 32.2. The largest absolute Gasteiger partial charge is 0.497 e. The Morgan fingerprint density at radius 1 is 1.09 bits per heavy atom. The second kappa shape index (κ2) is 10.7. The number of methoxy groups -OCH3 is 3. The Bertz CT molecular complexity index is 1120. The molecule has 0 aliphatic rings. The number of carbonyl (C=O) groups excluding carboxylic acids is 1. The molecule has 1 atom stereocenters. The van der Waals surface area contributed by atoms with Gasteiger partial charge in [0.2, 0.25) is 0 Å². The van der Waals surface area contributed by atoms with Crippen LogP contribution in [0, 0.1) is 0 Å². The first-order chi connectivity index (χ1) is 15.1. The number of carboxylic acids is 1. The van der Waals surface area contributed by atoms with Crippen molar-refractivity contribution in [3.63, 3.8) is 0 Å². The average Bonchev–Trinajstić information content (AvgIpc) is 2.76. The van der Waals surface area contributed by atoms with Gasteiger partial charge in [0.15, 0.2) is 16.1 Å². The number of aliphatic carboxylic acids is 1. The smallest absolute Gasteiger partial charge is 0.325 e. The van der Waals surface area contributed by atoms with Crippen LogP contribution in [-0.4, -0.2) is 53.2 Å². The molecule has 2 N–H and O–H groups in total. The third kappa shape index (κ3) is 6.24. The van der Waals surface area contributed by atoms with Crippen molar-refractivity contribution in [3.8, 4) is 17.2 Å². The normalized spacial score (nSPS) is 12.2. The first kappa shape index (κ1) is 24.7. The van der Waals surface area contributed by atoms with Gasteiger partial charge < -0.3 is 24.6 Å². The van der Waals surface area contributed by atoms with E-state index in [9.17, 15) is 18.0 Å². The molecule has 10 heteroatoms. The summed E-state index contributed by atoms with van der Waals surface area (Å²) < 4.78 is 41.0. The SMILES string of the molecule is COc1cc(C=O)c(/C=C/S(=O)(=O)Cc2ccc(OC)c(N[C@H](C)C(=O)O)c2)c(OC)c1. The number of benzene rings is 2. The van der Waals surface area contributed by atoms with E-state index >= 15 is 0 Å². The van der Waals surface area contributed by atoms with Gasteiger partial charge in [-0.25, -0.2) is 8.42 Å². The predicted molar refractivity (Wildman–Crippen MR) is 120 cm³/mol. The lowest BCUT2D eigenvalue weighted by Crippen LogP contribution is -2.25. The monoisotopic (exact) mass is 463 g/mol. The maximum absolute atomic E-state index is 12.7. The fourth-order valence-electron chi connectivity index (χ4n) is 2.89. The van der Waals surface area contributed by atoms with Gasteiger partial charge in [0.1, 0.15) is 23.3 Å². The van der Waals surface area contributed by atoms with Gasteiger partial charge in [-0.05, 0) is 36.8 Å². The third-order valence-electron chi connectivity index (χ3n) is 4.55. The molecular formula is C22H25NO8S. The zero-order valence-electron chi connectivity index (χ0n) is 18.1. The molecular weight excluding hydrogens is 438 g/mol. The van der Waals surface area contributed by atoms with E-state index in [1.54, 1.807) is 18.2 Å². The Labute approximate surface area is 186 Å². The highest BCUT2D eigenvalue weighted by Crippen LogP contribution is 2.30. The molecule has 0 fully saturated rings. The quantitative estimate of drug-likeness (QED) is 0.483. The molecule has 9 nitrogen and oxygen atoms in total. The summed E-state index contributed by atoms with van der Waals surface area (Å²) in [5.41, 5.74) is 1.30. The number of hydrogen-bond donors (Lipinski definition) is 2. The van der Waals surface area contributed by atoms with Crippen molar-refractivity contribution >= 4 is 33.9 Å². The first-order valence-electron chi connectivity index (χ1n) is 9.42. The Kier molecular flexibility index (Phi) is 8.25. The predicted octanol–water partition coefficient (Wildman–Crippen LogP) is 3.00. The molecule has 2 aromatic carbocycles. The molecule has 2 rings (SSSR count). The molecule has 0 bridgehead atoms. The van der Waals surface area contributed by atoms with Crippen molar-refractivity contribution in [1.82, 2.24) is 0 Å². The van der Waals surface area contributed by atoms with E-state index < -0.39 is 21.8 Å². The highest BCUT2D eigenvalue weighted by molar-refractivity contribution is 7.93. The molecule has 0 saturated heterocycles. The van der Waals surface area contributed by atoms with Crippen molar-refractivity contribution < 1.29 is 37.3 Å². The lowest BCUT2D eigenvalue weighted by molar-refractivity contribution is -0.137. The molecule has 32 heavy (non-hydrogen) atoms. The van der Waals surface area contributed by atoms with E-state index in [2.05, 4.69) is 5.32 Å². The highest BCUT2D eigenvalue weighted by Gasteiger charge is 2.16. The van der Waals surface area contributed by atoms with Crippen molar-refractivity contribution in [3.05, 3.63) is 52.4 Å². The Morgan fingerprint density at radius 2 is 1.78 bits per heavy atom. The van der Waals surface area contributed by atoms with Gasteiger partial charge in [-0.15, -0.1) is 0 Å². The fraction of sp³-hybridized carbons (Fsp3) is 0.273. The second-order valence-electron chi connectivity index (χ2n) is 6.80. The summed E-state index contributed by atoms with van der Waals surface area (Å²) in [7, 11) is 0.526. The van der Waals surface area contributed by atoms with Crippen molar-refractivity contribution in [2.75, 3.05) is 26.6 Å². The molecule has 0 aliphatic heterocycles. The number of sulfone groups is 1. The lowest BCUT2D eigenvalue weighted by atomic mass is 10.1. The number of nitrogens with one attached hydrogen (secondary N) is 1. The molecule has 2 aromatic rings. The van der Waals surface area contributed by atoms with E-state index in [-0.39, 0.29) is 17.1 Å². The van der Waals surface area contributed by atoms with E-state index in [1.165, 1.54) is 46.5 Å². The van der Waals surface area contributed by atoms with Crippen LogP contribution in [0.1, 0.15) is 28.4 Å². The van der Waals surface area contributed by atoms with Crippen molar-refractivity contribution in [1.29, 1.82) is 0 Å². The number of ether oxygens (including phenoxy) is 3. The van der Waals surface area contributed by atoms with Crippen LogP contribution in [-0.2, 0) is 20.4 Å². The van der Waals surface area contributed by atoms with Crippen LogP contribution in [0.5, 0.6) is 17.2 Å². The molecule has 0 radical (unpaired) electrons. The van der Waals surface area contributed by atoms with Crippen LogP contribution in [0.3, 0.4) is 0 Å². The summed E-state index contributed by atoms with van der Waals surface area (Å²) in [6, 6.07) is 6.78. The molecule has 0 heterocycles. The minimum absolute atomic E-state index is 0.214. The molecule has 0 aromatic heterocycles. The van der Waals surface area contributed by atoms with Crippen LogP contribution in [0.2, 0.25) is 0 Å². The molecule has 0 unspecified atom stereocenters. The van der Waals surface area contributed by atoms with Gasteiger partial charge in [0.05, 0.1) is 32.8 Å². The van der Waals surface area contributed by atoms with Gasteiger partial charge in [-0.1, -0.05) is 6.07 Å². The van der Waals surface area contributed by atoms with Crippen LogP contribution >= 0.6 is 0 Å². The van der Waals surface area contributed by atoms with Crippen molar-refractivity contribution in [2.45, 2.75) is 18.7 Å². The lowest BCUT2D eigenvalue weighted by Gasteiger charge is -2.15. The molecule has 0 saturated carbocycles. The zero-order chi connectivity index (χ0) is 23.9. The van der Waals surface area contributed by atoms with Crippen LogP contribution < -0.4 is 19.5 Å². The van der Waals surface area contributed by atoms with Gasteiger partial charge in [-0.3, -0.25) is 9.59 Å². The average molecular weight is 464 g/mol. The molecule has 172 valence electrons. The van der Waals surface area contributed by atoms with Gasteiger partial charge in [0, 0.05) is 22.6 Å². The third-order valence-corrected chi connectivity index (χ3v) is 5.83. The first-order valence-corrected chi connectivity index (χ1v) is 11.1. The number of rotatable bonds is 11. The van der Waals surface area contributed by atoms with Crippen LogP contribution in [0.15, 0.2) is 35.7 Å². The maximum atomic E-state index is 12.7. The van der Waals surface area contributed by atoms with Gasteiger partial charge in [0.25, 0.3) is 0 Å². The summed E-state index contributed by atoms with van der Waals surface area (Å²) in [6.45, 7) is 1.46. The number of hydrogen-bond acceptors (Lipinski definition) is 8. The minimum atomic E-state index is -3.75. The summed E-state index contributed by atoms with van der Waals surface area (Å²) in [5.74, 6) is -0.339. The van der Waals surface area contributed by atoms with Gasteiger partial charge >= 0.3 is 5.97 Å². The molecule has 0 aliphatic carbocycles. The topological polar surface area (TPSA) is 128 Å². The number of aldehydes is 1. The van der Waals surface area contributed by atoms with Crippen molar-refractivity contribution in [2.24, 2.45) is 0 Å². The van der Waals surface area contributed by atoms with Gasteiger partial charge in [-0.2, -0.15) is 0 Å². The number of anilines is 1. The zero-order valence-corrected chi connectivity index (χ0v) is 18.9. The Hall–Kier alpha value is -3.53. The number of carbonyl (C=O) groups is 2. The van der Waals surface area contributed by atoms with E-state index in [1.807, 2.05) is 0 Å². The van der Waals surface area contributed by atoms with E-state index in [0.717, 1.165) is 5.41 Å². The Balaban J connectivity index is 2.34. The summed E-state index contributed by atoms with van der Waals surface area (Å²) >= 11 is 0. The summed E-state index contributed by atoms with van der Waals surface area (Å²) in [6.07, 6.45) is 1.88. The van der Waals surface area contributed by atoms with E-state index in [0.29, 0.717) is 34.6 Å². The maximum Gasteiger partial charge on any atom is 0.325 e. The summed E-state index contributed by atoms with van der Waals surface area (Å²) in [4.78, 5) is 22.6. The summed E-state index contributed by atoms with van der Waals surface area (Å²) in [5, 5.41) is 12.9. The molecule has 0 spiro atoms. The minimum Gasteiger partial charge on any atom is -0.497 e. The standard InChI is InChI=1S/C22H25NO8S/c1-14(22(25)26)23-19-9-15(5-6-20(19)30-3)13-32(27,28)8-7-18-16(12-24)10-17(29-2)11-21(18)31-4/h5-12,14,23H,13H2,1-4H3,(H,25,26)/b8-7+/t14-/m1/s1. The second-order valence-corrected chi connectivity index (χ2v) is 8.69.